The minimum absolute atomic E-state index is 0. The van der Waals surface area contributed by atoms with E-state index in [0.29, 0.717) is 5.75 Å². The Bertz CT molecular complexity index is 778. The molecular formula is C17H19ClN2O. The van der Waals surface area contributed by atoms with Crippen LogP contribution in [0, 0.1) is 6.92 Å². The molecule has 3 rings (SSSR count). The lowest BCUT2D eigenvalue weighted by Crippen LogP contribution is -2.08. The third kappa shape index (κ3) is 2.57. The molecule has 0 saturated carbocycles. The molecule has 0 atom stereocenters. The van der Waals surface area contributed by atoms with E-state index in [9.17, 15) is 5.11 Å². The molecule has 0 aliphatic heterocycles. The maximum atomic E-state index is 9.91. The van der Waals surface area contributed by atoms with Gasteiger partial charge < -0.3 is 15.0 Å². The largest absolute Gasteiger partial charge is 0.506 e. The molecule has 3 nitrogen and oxygen atoms in total. The zero-order valence-electron chi connectivity index (χ0n) is 12.3. The Morgan fingerprint density at radius 3 is 2.43 bits per heavy atom. The van der Waals surface area contributed by atoms with Crippen molar-refractivity contribution in [1.29, 1.82) is 0 Å². The van der Waals surface area contributed by atoms with Gasteiger partial charge in [0.2, 0.25) is 0 Å². The van der Waals surface area contributed by atoms with Gasteiger partial charge in [0.1, 0.15) is 5.75 Å². The number of hydrogen-bond donors (Lipinski definition) is 2. The summed E-state index contributed by atoms with van der Waals surface area (Å²) < 4.78 is 0. The van der Waals surface area contributed by atoms with Crippen molar-refractivity contribution in [3.8, 4) is 17.0 Å². The highest BCUT2D eigenvalue weighted by Crippen LogP contribution is 2.34. The number of fused-ring (bicyclic) bond motifs is 1. The first-order chi connectivity index (χ1) is 9.58. The van der Waals surface area contributed by atoms with Gasteiger partial charge in [-0.25, -0.2) is 0 Å². The molecule has 0 radical (unpaired) electrons. The van der Waals surface area contributed by atoms with E-state index in [-0.39, 0.29) is 12.4 Å². The maximum absolute atomic E-state index is 9.91. The van der Waals surface area contributed by atoms with Gasteiger partial charge in [-0.1, -0.05) is 18.2 Å². The first-order valence-electron chi connectivity index (χ1n) is 6.66. The van der Waals surface area contributed by atoms with Crippen molar-refractivity contribution in [3.05, 3.63) is 48.0 Å². The number of hydrogen-bond acceptors (Lipinski definition) is 2. The molecule has 0 fully saturated rings. The molecule has 0 amide bonds. The Balaban J connectivity index is 0.00000161. The van der Waals surface area contributed by atoms with Crippen LogP contribution in [0.15, 0.2) is 42.5 Å². The number of nitrogens with zero attached hydrogens (tertiary/aromatic N) is 1. The Morgan fingerprint density at radius 1 is 1.05 bits per heavy atom. The molecule has 21 heavy (non-hydrogen) atoms. The van der Waals surface area contributed by atoms with E-state index >= 15 is 0 Å². The summed E-state index contributed by atoms with van der Waals surface area (Å²) in [6.07, 6.45) is 0. The predicted molar refractivity (Wildman–Crippen MR) is 91.7 cm³/mol. The molecule has 1 heterocycles. The molecule has 0 bridgehead atoms. The number of phenolic OH excluding ortho intramolecular Hbond substituents is 1. The van der Waals surface area contributed by atoms with E-state index in [1.54, 1.807) is 6.07 Å². The minimum Gasteiger partial charge on any atom is -0.506 e. The molecule has 3 aromatic rings. The van der Waals surface area contributed by atoms with Crippen molar-refractivity contribution in [2.45, 2.75) is 6.92 Å². The van der Waals surface area contributed by atoms with Crippen LogP contribution in [0.5, 0.6) is 5.75 Å². The second-order valence-corrected chi connectivity index (χ2v) is 5.27. The summed E-state index contributed by atoms with van der Waals surface area (Å²) in [4.78, 5) is 5.38. The summed E-state index contributed by atoms with van der Waals surface area (Å²) >= 11 is 0. The van der Waals surface area contributed by atoms with E-state index in [1.165, 1.54) is 10.9 Å². The average molecular weight is 303 g/mol. The third-order valence-corrected chi connectivity index (χ3v) is 3.71. The lowest BCUT2D eigenvalue weighted by molar-refractivity contribution is 0.476. The number of nitrogens with one attached hydrogen (secondary N) is 1. The standard InChI is InChI=1S/C17H18N2O.ClH/c1-11-13-6-4-5-7-14(13)18-17(11)12-8-9-16(20)15(10-12)19(2)3;/h4-10,18,20H,1-3H3;1H. The molecule has 0 spiro atoms. The summed E-state index contributed by atoms with van der Waals surface area (Å²) in [6.45, 7) is 2.12. The maximum Gasteiger partial charge on any atom is 0.138 e. The quantitative estimate of drug-likeness (QED) is 0.739. The van der Waals surface area contributed by atoms with Gasteiger partial charge in [-0.2, -0.15) is 0 Å². The summed E-state index contributed by atoms with van der Waals surface area (Å²) in [5.74, 6) is 0.299. The van der Waals surface area contributed by atoms with Crippen LogP contribution in [-0.4, -0.2) is 24.2 Å². The smallest absolute Gasteiger partial charge is 0.138 e. The fraction of sp³-hybridized carbons (Fsp3) is 0.176. The number of benzene rings is 2. The molecule has 1 aromatic heterocycles. The van der Waals surface area contributed by atoms with Gasteiger partial charge in [-0.15, -0.1) is 12.4 Å². The molecule has 0 unspecified atom stereocenters. The van der Waals surface area contributed by atoms with Crippen molar-refractivity contribution in [2.24, 2.45) is 0 Å². The summed E-state index contributed by atoms with van der Waals surface area (Å²) in [5, 5.41) is 11.1. The fourth-order valence-corrected chi connectivity index (χ4v) is 2.61. The van der Waals surface area contributed by atoms with Crippen LogP contribution in [0.4, 0.5) is 5.69 Å². The normalized spacial score (nSPS) is 10.4. The Morgan fingerprint density at radius 2 is 1.76 bits per heavy atom. The Kier molecular flexibility index (Phi) is 4.14. The second kappa shape index (κ2) is 5.70. The summed E-state index contributed by atoms with van der Waals surface area (Å²) in [7, 11) is 3.85. The van der Waals surface area contributed by atoms with Crippen LogP contribution in [-0.2, 0) is 0 Å². The van der Waals surface area contributed by atoms with E-state index in [2.05, 4.69) is 30.1 Å². The van der Waals surface area contributed by atoms with Gasteiger partial charge in [0, 0.05) is 36.3 Å². The SMILES string of the molecule is Cc1c(-c2ccc(O)c(N(C)C)c2)[nH]c2ccccc12.Cl. The number of rotatable bonds is 2. The molecule has 0 aliphatic carbocycles. The van der Waals surface area contributed by atoms with Crippen molar-refractivity contribution in [2.75, 3.05) is 19.0 Å². The zero-order valence-corrected chi connectivity index (χ0v) is 13.2. The number of aromatic nitrogens is 1. The van der Waals surface area contributed by atoms with Crippen molar-refractivity contribution in [3.63, 3.8) is 0 Å². The van der Waals surface area contributed by atoms with Crippen LogP contribution >= 0.6 is 12.4 Å². The Hall–Kier alpha value is -2.13. The number of H-pyrrole nitrogens is 1. The van der Waals surface area contributed by atoms with E-state index in [4.69, 9.17) is 0 Å². The third-order valence-electron chi connectivity index (χ3n) is 3.71. The van der Waals surface area contributed by atoms with Gasteiger partial charge in [0.25, 0.3) is 0 Å². The van der Waals surface area contributed by atoms with Crippen molar-refractivity contribution in [1.82, 2.24) is 4.98 Å². The minimum atomic E-state index is 0. The van der Waals surface area contributed by atoms with Crippen LogP contribution in [0.2, 0.25) is 0 Å². The van der Waals surface area contributed by atoms with Crippen molar-refractivity contribution >= 4 is 29.0 Å². The number of halogens is 1. The Labute approximate surface area is 130 Å². The lowest BCUT2D eigenvalue weighted by Gasteiger charge is -2.15. The van der Waals surface area contributed by atoms with Gasteiger partial charge >= 0.3 is 0 Å². The molecule has 2 N–H and O–H groups in total. The van der Waals surface area contributed by atoms with E-state index < -0.39 is 0 Å². The van der Waals surface area contributed by atoms with Gasteiger partial charge in [0.05, 0.1) is 5.69 Å². The predicted octanol–water partition coefficient (Wildman–Crippen LogP) is 4.34. The van der Waals surface area contributed by atoms with E-state index in [0.717, 1.165) is 22.5 Å². The highest BCUT2D eigenvalue weighted by molar-refractivity contribution is 5.91. The number of aryl methyl sites for hydroxylation is 1. The number of anilines is 1. The number of aromatic hydroxyl groups is 1. The van der Waals surface area contributed by atoms with Crippen LogP contribution in [0.1, 0.15) is 5.56 Å². The van der Waals surface area contributed by atoms with Crippen LogP contribution in [0.3, 0.4) is 0 Å². The van der Waals surface area contributed by atoms with Crippen molar-refractivity contribution < 1.29 is 5.11 Å². The van der Waals surface area contributed by atoms with Gasteiger partial charge in [0.15, 0.2) is 0 Å². The molecule has 110 valence electrons. The number of para-hydroxylation sites is 1. The highest BCUT2D eigenvalue weighted by Gasteiger charge is 2.11. The van der Waals surface area contributed by atoms with Crippen LogP contribution in [0.25, 0.3) is 22.2 Å². The average Bonchev–Trinajstić information content (AvgIpc) is 2.77. The van der Waals surface area contributed by atoms with Crippen LogP contribution < -0.4 is 4.90 Å². The zero-order chi connectivity index (χ0) is 14.3. The molecule has 4 heteroatoms. The fourth-order valence-electron chi connectivity index (χ4n) is 2.61. The number of aromatic amines is 1. The highest BCUT2D eigenvalue weighted by atomic mass is 35.5. The van der Waals surface area contributed by atoms with Gasteiger partial charge in [-0.3, -0.25) is 0 Å². The second-order valence-electron chi connectivity index (χ2n) is 5.27. The summed E-state index contributed by atoms with van der Waals surface area (Å²) in [6, 6.07) is 14.0. The lowest BCUT2D eigenvalue weighted by atomic mass is 10.1. The first-order valence-corrected chi connectivity index (χ1v) is 6.66. The molecule has 0 saturated heterocycles. The topological polar surface area (TPSA) is 39.3 Å². The van der Waals surface area contributed by atoms with Gasteiger partial charge in [-0.05, 0) is 36.8 Å². The first kappa shape index (κ1) is 15.3. The van der Waals surface area contributed by atoms with E-state index in [1.807, 2.05) is 37.2 Å². The monoisotopic (exact) mass is 302 g/mol. The number of phenols is 1. The summed E-state index contributed by atoms with van der Waals surface area (Å²) in [5.41, 5.74) is 5.38. The molecule has 2 aromatic carbocycles. The molecule has 0 aliphatic rings. The molecular weight excluding hydrogens is 284 g/mol.